The zero-order valence-corrected chi connectivity index (χ0v) is 16.5. The van der Waals surface area contributed by atoms with Gasteiger partial charge in [-0.1, -0.05) is 25.1 Å². The van der Waals surface area contributed by atoms with Crippen molar-refractivity contribution in [2.75, 3.05) is 19.5 Å². The fourth-order valence-corrected chi connectivity index (χ4v) is 2.42. The second kappa shape index (κ2) is 10.0. The topological polar surface area (TPSA) is 80.6 Å². The van der Waals surface area contributed by atoms with Gasteiger partial charge >= 0.3 is 0 Å². The van der Waals surface area contributed by atoms with E-state index in [-0.39, 0.29) is 11.7 Å². The van der Waals surface area contributed by atoms with E-state index in [2.05, 4.69) is 5.32 Å². The molecule has 2 aromatic carbocycles. The second-order valence-electron chi connectivity index (χ2n) is 6.07. The van der Waals surface area contributed by atoms with Gasteiger partial charge in [0.15, 0.2) is 11.5 Å². The Balaban J connectivity index is 2.35. The summed E-state index contributed by atoms with van der Waals surface area (Å²) >= 11 is 0. The predicted octanol–water partition coefficient (Wildman–Crippen LogP) is 4.43. The number of methoxy groups -OCH3 is 2. The van der Waals surface area contributed by atoms with Crippen molar-refractivity contribution in [3.8, 4) is 23.3 Å². The van der Waals surface area contributed by atoms with E-state index >= 15 is 0 Å². The molecule has 0 aliphatic rings. The largest absolute Gasteiger partial charge is 0.497 e. The number of anilines is 1. The van der Waals surface area contributed by atoms with Gasteiger partial charge in [0, 0.05) is 17.3 Å². The Morgan fingerprint density at radius 1 is 1.21 bits per heavy atom. The molecule has 1 amide bonds. The molecule has 0 saturated carbocycles. The molecule has 0 radical (unpaired) electrons. The summed E-state index contributed by atoms with van der Waals surface area (Å²) in [6, 6.07) is 14.2. The number of carbonyl (C=O) groups excluding carboxylic acids is 1. The van der Waals surface area contributed by atoms with Gasteiger partial charge in [0.05, 0.1) is 20.3 Å². The van der Waals surface area contributed by atoms with Crippen LogP contribution in [0.5, 0.6) is 17.2 Å². The van der Waals surface area contributed by atoms with Gasteiger partial charge in [-0.25, -0.2) is 0 Å². The van der Waals surface area contributed by atoms with Gasteiger partial charge in [0.2, 0.25) is 0 Å². The lowest BCUT2D eigenvalue weighted by Gasteiger charge is -2.17. The van der Waals surface area contributed by atoms with Crippen molar-refractivity contribution in [2.24, 2.45) is 0 Å². The van der Waals surface area contributed by atoms with Crippen molar-refractivity contribution < 1.29 is 19.0 Å². The highest BCUT2D eigenvalue weighted by molar-refractivity contribution is 6.10. The van der Waals surface area contributed by atoms with Crippen molar-refractivity contribution in [1.29, 1.82) is 5.26 Å². The third kappa shape index (κ3) is 5.27. The Bertz CT molecular complexity index is 900. The number of rotatable bonds is 8. The molecule has 0 bridgehead atoms. The molecule has 28 heavy (non-hydrogen) atoms. The molecule has 0 saturated heterocycles. The minimum atomic E-state index is -0.520. The van der Waals surface area contributed by atoms with E-state index in [1.165, 1.54) is 6.08 Å². The van der Waals surface area contributed by atoms with Gasteiger partial charge in [-0.2, -0.15) is 5.26 Å². The van der Waals surface area contributed by atoms with Gasteiger partial charge in [0.25, 0.3) is 5.91 Å². The van der Waals surface area contributed by atoms with Crippen LogP contribution in [0, 0.1) is 11.3 Å². The minimum absolute atomic E-state index is 0.0420. The fourth-order valence-electron chi connectivity index (χ4n) is 2.42. The molecular weight excluding hydrogens is 356 g/mol. The Morgan fingerprint density at radius 2 is 1.96 bits per heavy atom. The van der Waals surface area contributed by atoms with Crippen LogP contribution in [0.2, 0.25) is 0 Å². The first-order chi connectivity index (χ1) is 13.5. The number of hydrogen-bond donors (Lipinski definition) is 1. The van der Waals surface area contributed by atoms with Crippen LogP contribution < -0.4 is 19.5 Å². The SMILES string of the molecule is CC[C@H](C)Oc1c(/C=C(\C#N)C(=O)Nc2cccc(OC)c2)cccc1OC. The molecule has 1 atom stereocenters. The molecule has 0 fully saturated rings. The zero-order valence-electron chi connectivity index (χ0n) is 16.5. The number of nitrogens with one attached hydrogen (secondary N) is 1. The lowest BCUT2D eigenvalue weighted by atomic mass is 10.1. The second-order valence-corrected chi connectivity index (χ2v) is 6.07. The molecule has 146 valence electrons. The van der Waals surface area contributed by atoms with E-state index in [4.69, 9.17) is 14.2 Å². The molecular formula is C22H24N2O4. The highest BCUT2D eigenvalue weighted by Crippen LogP contribution is 2.34. The lowest BCUT2D eigenvalue weighted by molar-refractivity contribution is -0.112. The average molecular weight is 380 g/mol. The summed E-state index contributed by atoms with van der Waals surface area (Å²) < 4.78 is 16.5. The van der Waals surface area contributed by atoms with Crippen molar-refractivity contribution in [1.82, 2.24) is 0 Å². The van der Waals surface area contributed by atoms with E-state index < -0.39 is 5.91 Å². The first kappa shape index (κ1) is 20.8. The Kier molecular flexibility index (Phi) is 7.46. The number of ether oxygens (including phenoxy) is 3. The number of carbonyl (C=O) groups is 1. The van der Waals surface area contributed by atoms with E-state index in [1.807, 2.05) is 19.9 Å². The highest BCUT2D eigenvalue weighted by atomic mass is 16.5. The van der Waals surface area contributed by atoms with Gasteiger partial charge in [-0.15, -0.1) is 0 Å². The van der Waals surface area contributed by atoms with Crippen LogP contribution in [0.1, 0.15) is 25.8 Å². The maximum atomic E-state index is 12.6. The zero-order chi connectivity index (χ0) is 20.5. The molecule has 6 heteroatoms. The number of nitrogens with zero attached hydrogens (tertiary/aromatic N) is 1. The van der Waals surface area contributed by atoms with Crippen molar-refractivity contribution in [2.45, 2.75) is 26.4 Å². The first-order valence-electron chi connectivity index (χ1n) is 8.93. The lowest BCUT2D eigenvalue weighted by Crippen LogP contribution is -2.14. The maximum Gasteiger partial charge on any atom is 0.266 e. The van der Waals surface area contributed by atoms with Crippen LogP contribution in [0.15, 0.2) is 48.0 Å². The monoisotopic (exact) mass is 380 g/mol. The summed E-state index contributed by atoms with van der Waals surface area (Å²) in [7, 11) is 3.09. The number of para-hydroxylation sites is 1. The van der Waals surface area contributed by atoms with Gasteiger partial charge in [-0.3, -0.25) is 4.79 Å². The Morgan fingerprint density at radius 3 is 2.61 bits per heavy atom. The number of amides is 1. The quantitative estimate of drug-likeness (QED) is 0.541. The summed E-state index contributed by atoms with van der Waals surface area (Å²) in [5, 5.41) is 12.2. The summed E-state index contributed by atoms with van der Waals surface area (Å²) in [6.07, 6.45) is 2.26. The third-order valence-electron chi connectivity index (χ3n) is 4.12. The van der Waals surface area contributed by atoms with Crippen molar-refractivity contribution in [3.05, 3.63) is 53.6 Å². The van der Waals surface area contributed by atoms with Crippen molar-refractivity contribution in [3.63, 3.8) is 0 Å². The summed E-state index contributed by atoms with van der Waals surface area (Å²) in [5.41, 5.74) is 1.08. The fraction of sp³-hybridized carbons (Fsp3) is 0.273. The predicted molar refractivity (Wildman–Crippen MR) is 109 cm³/mol. The maximum absolute atomic E-state index is 12.6. The normalized spacial score (nSPS) is 11.9. The van der Waals surface area contributed by atoms with Crippen LogP contribution in [-0.2, 0) is 4.79 Å². The van der Waals surface area contributed by atoms with Crippen LogP contribution in [0.25, 0.3) is 6.08 Å². The van der Waals surface area contributed by atoms with Crippen LogP contribution in [0.3, 0.4) is 0 Å². The van der Waals surface area contributed by atoms with Gasteiger partial charge in [-0.05, 0) is 37.6 Å². The molecule has 2 aromatic rings. The number of benzene rings is 2. The van der Waals surface area contributed by atoms with E-state index in [1.54, 1.807) is 56.7 Å². The summed E-state index contributed by atoms with van der Waals surface area (Å²) in [6.45, 7) is 3.96. The smallest absolute Gasteiger partial charge is 0.266 e. The molecule has 0 aromatic heterocycles. The molecule has 2 rings (SSSR count). The van der Waals surface area contributed by atoms with Gasteiger partial charge in [0.1, 0.15) is 17.4 Å². The molecule has 0 aliphatic heterocycles. The van der Waals surface area contributed by atoms with Gasteiger partial charge < -0.3 is 19.5 Å². The number of hydrogen-bond acceptors (Lipinski definition) is 5. The van der Waals surface area contributed by atoms with Crippen LogP contribution >= 0.6 is 0 Å². The van der Waals surface area contributed by atoms with Crippen LogP contribution in [-0.4, -0.2) is 26.2 Å². The summed E-state index contributed by atoms with van der Waals surface area (Å²) in [4.78, 5) is 12.6. The summed E-state index contributed by atoms with van der Waals surface area (Å²) in [5.74, 6) is 1.13. The molecule has 0 spiro atoms. The Hall–Kier alpha value is -3.46. The first-order valence-corrected chi connectivity index (χ1v) is 8.93. The minimum Gasteiger partial charge on any atom is -0.497 e. The molecule has 6 nitrogen and oxygen atoms in total. The van der Waals surface area contributed by atoms with E-state index in [0.29, 0.717) is 28.5 Å². The molecule has 0 unspecified atom stereocenters. The van der Waals surface area contributed by atoms with E-state index in [0.717, 1.165) is 6.42 Å². The average Bonchev–Trinajstić information content (AvgIpc) is 2.72. The van der Waals surface area contributed by atoms with Crippen molar-refractivity contribution >= 4 is 17.7 Å². The molecule has 1 N–H and O–H groups in total. The van der Waals surface area contributed by atoms with E-state index in [9.17, 15) is 10.1 Å². The Labute approximate surface area is 165 Å². The number of nitriles is 1. The molecule has 0 aliphatic carbocycles. The highest BCUT2D eigenvalue weighted by Gasteiger charge is 2.16. The third-order valence-corrected chi connectivity index (χ3v) is 4.12. The van der Waals surface area contributed by atoms with Crippen LogP contribution in [0.4, 0.5) is 5.69 Å². The standard InChI is InChI=1S/C22H24N2O4/c1-5-15(2)28-21-16(8-6-11-20(21)27-4)12-17(14-23)22(25)24-18-9-7-10-19(13-18)26-3/h6-13,15H,5H2,1-4H3,(H,24,25)/b17-12+/t15-/m0/s1. The molecule has 0 heterocycles.